The van der Waals surface area contributed by atoms with Crippen LogP contribution >= 0.6 is 24.0 Å². The summed E-state index contributed by atoms with van der Waals surface area (Å²) in [7, 11) is 2.55. The number of thiol groups is 1. The van der Waals surface area contributed by atoms with Gasteiger partial charge in [-0.2, -0.15) is 0 Å². The maximum atomic E-state index is 11.4. The normalized spacial score (nSPS) is 13.8. The van der Waals surface area contributed by atoms with Gasteiger partial charge in [0.2, 0.25) is 0 Å². The maximum absolute atomic E-state index is 11.4. The smallest absolute Gasteiger partial charge is 0.127 e. The van der Waals surface area contributed by atoms with E-state index in [4.69, 9.17) is 0 Å². The predicted octanol–water partition coefficient (Wildman–Crippen LogP) is 1.62. The van der Waals surface area contributed by atoms with E-state index in [2.05, 4.69) is 12.6 Å². The van der Waals surface area contributed by atoms with Crippen molar-refractivity contribution in [2.75, 3.05) is 14.1 Å². The molecule has 11 heavy (non-hydrogen) atoms. The van der Waals surface area contributed by atoms with Crippen LogP contribution in [0, 0.1) is 0 Å². The van der Waals surface area contributed by atoms with Crippen molar-refractivity contribution in [2.45, 2.75) is 9.10 Å². The highest BCUT2D eigenvalue weighted by molar-refractivity contribution is 7.84. The van der Waals surface area contributed by atoms with Crippen molar-refractivity contribution < 1.29 is 4.21 Å². The third-order valence-corrected chi connectivity index (χ3v) is 3.72. The molecule has 1 heterocycles. The Kier molecular flexibility index (Phi) is 3.12. The third-order valence-electron chi connectivity index (χ3n) is 1.09. The largest absolute Gasteiger partial charge is 0.237 e. The summed E-state index contributed by atoms with van der Waals surface area (Å²) in [6.07, 6.45) is 0. The Bertz CT molecular complexity index is 269. The SMILES string of the molecule is CN(C)S(=O)c1csc(S)c1. The Hall–Kier alpha value is 0.160. The van der Waals surface area contributed by atoms with E-state index in [0.717, 1.165) is 9.10 Å². The summed E-state index contributed by atoms with van der Waals surface area (Å²) >= 11 is 5.63. The van der Waals surface area contributed by atoms with E-state index < -0.39 is 11.0 Å². The Morgan fingerprint density at radius 2 is 2.27 bits per heavy atom. The van der Waals surface area contributed by atoms with Gasteiger partial charge in [0, 0.05) is 5.38 Å². The van der Waals surface area contributed by atoms with Gasteiger partial charge in [-0.25, -0.2) is 8.51 Å². The first kappa shape index (κ1) is 9.25. The molecule has 0 saturated heterocycles. The molecular formula is C6H9NOS3. The number of rotatable bonds is 2. The minimum absolute atomic E-state index is 0.824. The van der Waals surface area contributed by atoms with E-state index in [0.29, 0.717) is 0 Å². The molecule has 0 aliphatic carbocycles. The van der Waals surface area contributed by atoms with Crippen molar-refractivity contribution in [3.8, 4) is 0 Å². The average Bonchev–Trinajstić information content (AvgIpc) is 2.34. The molecule has 0 N–H and O–H groups in total. The van der Waals surface area contributed by atoms with Crippen LogP contribution in [0.5, 0.6) is 0 Å². The zero-order valence-corrected chi connectivity index (χ0v) is 8.80. The van der Waals surface area contributed by atoms with Gasteiger partial charge in [-0.05, 0) is 20.2 Å². The fraction of sp³-hybridized carbons (Fsp3) is 0.333. The van der Waals surface area contributed by atoms with Gasteiger partial charge in [0.15, 0.2) is 0 Å². The van der Waals surface area contributed by atoms with Crippen molar-refractivity contribution >= 4 is 35.0 Å². The van der Waals surface area contributed by atoms with Gasteiger partial charge in [0.05, 0.1) is 9.10 Å². The van der Waals surface area contributed by atoms with Crippen LogP contribution in [0.1, 0.15) is 0 Å². The van der Waals surface area contributed by atoms with Gasteiger partial charge < -0.3 is 0 Å². The van der Waals surface area contributed by atoms with Gasteiger partial charge in [0.25, 0.3) is 0 Å². The van der Waals surface area contributed by atoms with Crippen LogP contribution in [-0.4, -0.2) is 22.6 Å². The second-order valence-corrected chi connectivity index (χ2v) is 5.58. The second-order valence-electron chi connectivity index (χ2n) is 2.18. The molecule has 5 heteroatoms. The molecular weight excluding hydrogens is 198 g/mol. The minimum atomic E-state index is -1.02. The summed E-state index contributed by atoms with van der Waals surface area (Å²) in [5.74, 6) is 0. The molecule has 0 saturated carbocycles. The van der Waals surface area contributed by atoms with E-state index >= 15 is 0 Å². The van der Waals surface area contributed by atoms with Gasteiger partial charge in [0.1, 0.15) is 11.0 Å². The van der Waals surface area contributed by atoms with Gasteiger partial charge >= 0.3 is 0 Å². The summed E-state index contributed by atoms with van der Waals surface area (Å²) in [5, 5.41) is 1.86. The lowest BCUT2D eigenvalue weighted by molar-refractivity contribution is 0.603. The number of hydrogen-bond acceptors (Lipinski definition) is 3. The molecule has 1 aromatic heterocycles. The number of nitrogens with zero attached hydrogens (tertiary/aromatic N) is 1. The first-order valence-corrected chi connectivity index (χ1v) is 5.41. The molecule has 0 radical (unpaired) electrons. The zero-order chi connectivity index (χ0) is 8.43. The van der Waals surface area contributed by atoms with Crippen LogP contribution in [0.4, 0.5) is 0 Å². The first-order valence-electron chi connectivity index (χ1n) is 2.98. The standard InChI is InChI=1S/C6H9NOS3/c1-7(2)11(8)5-3-6(9)10-4-5/h3-4,9H,1-2H3. The topological polar surface area (TPSA) is 20.3 Å². The fourth-order valence-electron chi connectivity index (χ4n) is 0.611. The van der Waals surface area contributed by atoms with Crippen LogP contribution in [0.3, 0.4) is 0 Å². The monoisotopic (exact) mass is 207 g/mol. The lowest BCUT2D eigenvalue weighted by Gasteiger charge is -2.05. The van der Waals surface area contributed by atoms with Crippen LogP contribution in [-0.2, 0) is 11.0 Å². The Balaban J connectivity index is 2.85. The van der Waals surface area contributed by atoms with E-state index in [-0.39, 0.29) is 0 Å². The molecule has 2 nitrogen and oxygen atoms in total. The highest BCUT2D eigenvalue weighted by Gasteiger charge is 2.07. The third kappa shape index (κ3) is 2.30. The molecule has 62 valence electrons. The summed E-state index contributed by atoms with van der Waals surface area (Å²) in [6, 6.07) is 1.82. The Morgan fingerprint density at radius 1 is 1.64 bits per heavy atom. The van der Waals surface area contributed by atoms with Crippen molar-refractivity contribution in [3.05, 3.63) is 11.4 Å². The van der Waals surface area contributed by atoms with Crippen LogP contribution in [0.25, 0.3) is 0 Å². The second kappa shape index (κ2) is 3.71. The molecule has 1 aromatic rings. The lowest BCUT2D eigenvalue weighted by atomic mass is 10.7. The summed E-state index contributed by atoms with van der Waals surface area (Å²) < 4.78 is 13.9. The molecule has 0 amide bonds. The Labute approximate surface area is 78.2 Å². The predicted molar refractivity (Wildman–Crippen MR) is 51.7 cm³/mol. The molecule has 1 unspecified atom stereocenters. The van der Waals surface area contributed by atoms with Crippen molar-refractivity contribution in [1.29, 1.82) is 0 Å². The zero-order valence-electron chi connectivity index (χ0n) is 6.27. The first-order chi connectivity index (χ1) is 5.11. The molecule has 0 bridgehead atoms. The highest BCUT2D eigenvalue weighted by atomic mass is 32.2. The maximum Gasteiger partial charge on any atom is 0.127 e. The van der Waals surface area contributed by atoms with Crippen molar-refractivity contribution in [3.63, 3.8) is 0 Å². The van der Waals surface area contributed by atoms with Crippen molar-refractivity contribution in [2.24, 2.45) is 0 Å². The van der Waals surface area contributed by atoms with E-state index in [9.17, 15) is 4.21 Å². The van der Waals surface area contributed by atoms with E-state index in [1.165, 1.54) is 11.3 Å². The molecule has 1 rings (SSSR count). The number of hydrogen-bond donors (Lipinski definition) is 1. The van der Waals surface area contributed by atoms with Crippen LogP contribution < -0.4 is 0 Å². The minimum Gasteiger partial charge on any atom is -0.237 e. The summed E-state index contributed by atoms with van der Waals surface area (Å²) in [4.78, 5) is 0.824. The highest BCUT2D eigenvalue weighted by Crippen LogP contribution is 2.21. The van der Waals surface area contributed by atoms with Gasteiger partial charge in [-0.15, -0.1) is 24.0 Å². The van der Waals surface area contributed by atoms with Crippen molar-refractivity contribution in [1.82, 2.24) is 4.31 Å². The van der Waals surface area contributed by atoms with Gasteiger partial charge in [-0.3, -0.25) is 0 Å². The Morgan fingerprint density at radius 3 is 2.64 bits per heavy atom. The molecule has 0 spiro atoms. The molecule has 0 aromatic carbocycles. The lowest BCUT2D eigenvalue weighted by Crippen LogP contribution is -2.14. The van der Waals surface area contributed by atoms with Crippen LogP contribution in [0.15, 0.2) is 20.6 Å². The van der Waals surface area contributed by atoms with Crippen LogP contribution in [0.2, 0.25) is 0 Å². The molecule has 0 aliphatic heterocycles. The quantitative estimate of drug-likeness (QED) is 0.731. The van der Waals surface area contributed by atoms with E-state index in [1.54, 1.807) is 18.4 Å². The van der Waals surface area contributed by atoms with Gasteiger partial charge in [-0.1, -0.05) is 0 Å². The van der Waals surface area contributed by atoms with E-state index in [1.807, 2.05) is 11.4 Å². The molecule has 0 aliphatic rings. The fourth-order valence-corrected chi connectivity index (χ4v) is 2.68. The molecule has 0 fully saturated rings. The average molecular weight is 207 g/mol. The number of thiophene rings is 1. The summed E-state index contributed by atoms with van der Waals surface area (Å²) in [5.41, 5.74) is 0. The molecule has 1 atom stereocenters. The summed E-state index contributed by atoms with van der Waals surface area (Å²) in [6.45, 7) is 0.